The number of para-hydroxylation sites is 1. The molecule has 0 bridgehead atoms. The second-order valence-electron chi connectivity index (χ2n) is 5.37. The minimum Gasteiger partial charge on any atom is -0.493 e. The van der Waals surface area contributed by atoms with Gasteiger partial charge in [-0.05, 0) is 32.0 Å². The van der Waals surface area contributed by atoms with Crippen LogP contribution in [0, 0.1) is 0 Å². The first-order chi connectivity index (χ1) is 12.2. The third kappa shape index (κ3) is 3.58. The minimum absolute atomic E-state index is 0.354. The lowest BCUT2D eigenvalue weighted by Crippen LogP contribution is -2.12. The van der Waals surface area contributed by atoms with Crippen molar-refractivity contribution in [3.63, 3.8) is 0 Å². The highest BCUT2D eigenvalue weighted by atomic mass is 16.5. The van der Waals surface area contributed by atoms with E-state index in [2.05, 4.69) is 0 Å². The van der Waals surface area contributed by atoms with Gasteiger partial charge >= 0.3 is 5.97 Å². The van der Waals surface area contributed by atoms with E-state index in [1.165, 1.54) is 0 Å². The van der Waals surface area contributed by atoms with Gasteiger partial charge in [0.25, 0.3) is 0 Å². The van der Waals surface area contributed by atoms with Crippen LogP contribution in [0.3, 0.4) is 0 Å². The molecule has 0 saturated heterocycles. The van der Waals surface area contributed by atoms with Gasteiger partial charge in [-0.3, -0.25) is 0 Å². The van der Waals surface area contributed by atoms with Gasteiger partial charge in [-0.2, -0.15) is 0 Å². The van der Waals surface area contributed by atoms with Crippen molar-refractivity contribution in [3.8, 4) is 17.2 Å². The molecular formula is C21H20O4. The third-order valence-corrected chi connectivity index (χ3v) is 3.72. The molecule has 0 aliphatic rings. The highest BCUT2D eigenvalue weighted by Gasteiger charge is 2.21. The molecule has 0 spiro atoms. The molecule has 0 heterocycles. The molecule has 0 radical (unpaired) electrons. The number of ether oxygens (including phenoxy) is 3. The summed E-state index contributed by atoms with van der Waals surface area (Å²) in [4.78, 5) is 12.8. The van der Waals surface area contributed by atoms with Gasteiger partial charge in [0, 0.05) is 10.8 Å². The topological polar surface area (TPSA) is 44.8 Å². The average molecular weight is 336 g/mol. The Labute approximate surface area is 146 Å². The highest BCUT2D eigenvalue weighted by molar-refractivity contribution is 6.04. The Morgan fingerprint density at radius 3 is 2.16 bits per heavy atom. The summed E-state index contributed by atoms with van der Waals surface area (Å²) in [5.41, 5.74) is 0.354. The first kappa shape index (κ1) is 16.8. The van der Waals surface area contributed by atoms with Gasteiger partial charge in [0.2, 0.25) is 0 Å². The van der Waals surface area contributed by atoms with Gasteiger partial charge in [0.1, 0.15) is 22.8 Å². The quantitative estimate of drug-likeness (QED) is 0.476. The lowest BCUT2D eigenvalue weighted by molar-refractivity contribution is 0.0730. The number of hydrogen-bond donors (Lipinski definition) is 0. The average Bonchev–Trinajstić information content (AvgIpc) is 2.64. The van der Waals surface area contributed by atoms with Gasteiger partial charge in [-0.25, -0.2) is 4.79 Å². The third-order valence-electron chi connectivity index (χ3n) is 3.72. The van der Waals surface area contributed by atoms with Crippen LogP contribution in [0.4, 0.5) is 0 Å². The molecule has 0 fully saturated rings. The molecule has 0 N–H and O–H groups in total. The maximum atomic E-state index is 12.8. The smallest absolute Gasteiger partial charge is 0.347 e. The van der Waals surface area contributed by atoms with Crippen LogP contribution < -0.4 is 14.2 Å². The Balaban J connectivity index is 2.11. The van der Waals surface area contributed by atoms with E-state index in [4.69, 9.17) is 14.2 Å². The maximum Gasteiger partial charge on any atom is 0.347 e. The van der Waals surface area contributed by atoms with Crippen LogP contribution in [0.2, 0.25) is 0 Å². The zero-order valence-electron chi connectivity index (χ0n) is 14.3. The van der Waals surface area contributed by atoms with Crippen molar-refractivity contribution in [1.82, 2.24) is 0 Å². The van der Waals surface area contributed by atoms with Gasteiger partial charge in [0.05, 0.1) is 13.2 Å². The van der Waals surface area contributed by atoms with Gasteiger partial charge in [-0.15, -0.1) is 0 Å². The Hall–Kier alpha value is -3.01. The fraction of sp³-hybridized carbons (Fsp3) is 0.190. The Morgan fingerprint density at radius 2 is 1.48 bits per heavy atom. The van der Waals surface area contributed by atoms with E-state index >= 15 is 0 Å². The summed E-state index contributed by atoms with van der Waals surface area (Å²) in [6.45, 7) is 4.75. The second kappa shape index (κ2) is 7.71. The molecule has 0 aliphatic heterocycles. The summed E-state index contributed by atoms with van der Waals surface area (Å²) >= 11 is 0. The molecule has 4 heteroatoms. The largest absolute Gasteiger partial charge is 0.493 e. The first-order valence-electron chi connectivity index (χ1n) is 8.33. The standard InChI is InChI=1S/C21H20O4/c1-3-23-19-14-18(21(22)25-15-10-6-5-7-11-15)20(24-4-2)17-13-9-8-12-16(17)19/h5-14H,3-4H2,1-2H3. The second-order valence-corrected chi connectivity index (χ2v) is 5.37. The summed E-state index contributed by atoms with van der Waals surface area (Å²) in [7, 11) is 0. The zero-order chi connectivity index (χ0) is 17.6. The Bertz CT molecular complexity index is 872. The molecule has 0 unspecified atom stereocenters. The molecule has 3 aromatic rings. The first-order valence-corrected chi connectivity index (χ1v) is 8.33. The molecule has 25 heavy (non-hydrogen) atoms. The molecule has 0 aliphatic carbocycles. The van der Waals surface area contributed by atoms with E-state index in [1.54, 1.807) is 18.2 Å². The van der Waals surface area contributed by atoms with Gasteiger partial charge < -0.3 is 14.2 Å². The van der Waals surface area contributed by atoms with Crippen LogP contribution in [-0.4, -0.2) is 19.2 Å². The highest BCUT2D eigenvalue weighted by Crippen LogP contribution is 2.37. The molecule has 3 rings (SSSR count). The monoisotopic (exact) mass is 336 g/mol. The molecule has 0 atom stereocenters. The normalized spacial score (nSPS) is 10.5. The van der Waals surface area contributed by atoms with Crippen molar-refractivity contribution < 1.29 is 19.0 Å². The Morgan fingerprint density at radius 1 is 0.840 bits per heavy atom. The predicted molar refractivity (Wildman–Crippen MR) is 97.7 cm³/mol. The van der Waals surface area contributed by atoms with Crippen molar-refractivity contribution in [2.75, 3.05) is 13.2 Å². The van der Waals surface area contributed by atoms with Crippen LogP contribution in [0.5, 0.6) is 17.2 Å². The molecule has 128 valence electrons. The van der Waals surface area contributed by atoms with E-state index in [0.29, 0.717) is 36.0 Å². The van der Waals surface area contributed by atoms with E-state index in [-0.39, 0.29) is 0 Å². The molecule has 3 aromatic carbocycles. The van der Waals surface area contributed by atoms with E-state index in [1.807, 2.05) is 56.3 Å². The lowest BCUT2D eigenvalue weighted by Gasteiger charge is -2.16. The fourth-order valence-electron chi connectivity index (χ4n) is 2.69. The number of carbonyl (C=O) groups is 1. The summed E-state index contributed by atoms with van der Waals surface area (Å²) < 4.78 is 17.0. The number of hydrogen-bond acceptors (Lipinski definition) is 4. The molecule has 0 amide bonds. The summed E-state index contributed by atoms with van der Waals surface area (Å²) in [5.74, 6) is 1.17. The van der Waals surface area contributed by atoms with Crippen LogP contribution in [0.15, 0.2) is 60.7 Å². The van der Waals surface area contributed by atoms with Crippen LogP contribution >= 0.6 is 0 Å². The number of carbonyl (C=O) groups excluding carboxylic acids is 1. The summed E-state index contributed by atoms with van der Waals surface area (Å²) in [6.07, 6.45) is 0. The minimum atomic E-state index is -0.471. The molecular weight excluding hydrogens is 316 g/mol. The van der Waals surface area contributed by atoms with Crippen LogP contribution in [0.1, 0.15) is 24.2 Å². The van der Waals surface area contributed by atoms with Crippen LogP contribution in [0.25, 0.3) is 10.8 Å². The SMILES string of the molecule is CCOc1cc(C(=O)Oc2ccccc2)c(OCC)c2ccccc12. The van der Waals surface area contributed by atoms with Gasteiger partial charge in [0.15, 0.2) is 0 Å². The fourth-order valence-corrected chi connectivity index (χ4v) is 2.69. The number of fused-ring (bicyclic) bond motifs is 1. The lowest BCUT2D eigenvalue weighted by atomic mass is 10.0. The van der Waals surface area contributed by atoms with Crippen molar-refractivity contribution in [1.29, 1.82) is 0 Å². The van der Waals surface area contributed by atoms with Crippen molar-refractivity contribution in [3.05, 3.63) is 66.2 Å². The van der Waals surface area contributed by atoms with Crippen molar-refractivity contribution in [2.24, 2.45) is 0 Å². The molecule has 0 aromatic heterocycles. The van der Waals surface area contributed by atoms with E-state index in [0.717, 1.165) is 10.8 Å². The zero-order valence-corrected chi connectivity index (χ0v) is 14.3. The van der Waals surface area contributed by atoms with Crippen molar-refractivity contribution in [2.45, 2.75) is 13.8 Å². The summed E-state index contributed by atoms with van der Waals surface area (Å²) in [6, 6.07) is 18.4. The predicted octanol–water partition coefficient (Wildman–Crippen LogP) is 4.86. The van der Waals surface area contributed by atoms with Crippen molar-refractivity contribution >= 4 is 16.7 Å². The van der Waals surface area contributed by atoms with E-state index in [9.17, 15) is 4.79 Å². The Kier molecular flexibility index (Phi) is 5.19. The number of benzene rings is 3. The van der Waals surface area contributed by atoms with Crippen LogP contribution in [-0.2, 0) is 0 Å². The van der Waals surface area contributed by atoms with E-state index < -0.39 is 5.97 Å². The summed E-state index contributed by atoms with van der Waals surface area (Å²) in [5, 5.41) is 1.74. The van der Waals surface area contributed by atoms with Gasteiger partial charge in [-0.1, -0.05) is 42.5 Å². The molecule has 4 nitrogen and oxygen atoms in total. The number of esters is 1. The molecule has 0 saturated carbocycles. The number of rotatable bonds is 6. The maximum absolute atomic E-state index is 12.8.